The minimum absolute atomic E-state index is 0.839. The Labute approximate surface area is 282 Å². The SMILES string of the molecule is c1ccc(-c2ccc(N(c3cccc4c3oc3c5ccccc5ccc43)c3cccc4oc5ccc(-c6ccccc6)cc5c34)cc2)cc1. The zero-order valence-electron chi connectivity index (χ0n) is 26.5. The summed E-state index contributed by atoms with van der Waals surface area (Å²) in [4.78, 5) is 2.33. The molecule has 0 saturated carbocycles. The molecule has 0 fully saturated rings. The van der Waals surface area contributed by atoms with Crippen LogP contribution >= 0.6 is 0 Å². The average Bonchev–Trinajstić information content (AvgIpc) is 3.75. The van der Waals surface area contributed by atoms with Crippen LogP contribution in [0.25, 0.3) is 76.9 Å². The minimum Gasteiger partial charge on any atom is -0.456 e. The predicted molar refractivity (Wildman–Crippen MR) is 204 cm³/mol. The third-order valence-corrected chi connectivity index (χ3v) is 9.66. The molecule has 0 aliphatic heterocycles. The second-order valence-electron chi connectivity index (χ2n) is 12.5. The molecule has 3 nitrogen and oxygen atoms in total. The van der Waals surface area contributed by atoms with Gasteiger partial charge in [-0.1, -0.05) is 127 Å². The first-order chi connectivity index (χ1) is 24.3. The summed E-state index contributed by atoms with van der Waals surface area (Å²) in [7, 11) is 0. The number of hydrogen-bond acceptors (Lipinski definition) is 3. The summed E-state index contributed by atoms with van der Waals surface area (Å²) >= 11 is 0. The van der Waals surface area contributed by atoms with Crippen molar-refractivity contribution in [2.75, 3.05) is 4.90 Å². The van der Waals surface area contributed by atoms with Gasteiger partial charge < -0.3 is 13.7 Å². The lowest BCUT2D eigenvalue weighted by Gasteiger charge is -2.26. The number of furan rings is 2. The molecule has 230 valence electrons. The van der Waals surface area contributed by atoms with Gasteiger partial charge in [0.15, 0.2) is 5.58 Å². The number of rotatable bonds is 5. The fourth-order valence-corrected chi connectivity index (χ4v) is 7.33. The lowest BCUT2D eigenvalue weighted by Crippen LogP contribution is -2.10. The van der Waals surface area contributed by atoms with Crippen LogP contribution in [-0.4, -0.2) is 0 Å². The molecule has 10 aromatic rings. The number of benzene rings is 8. The van der Waals surface area contributed by atoms with Crippen LogP contribution in [0.1, 0.15) is 0 Å². The van der Waals surface area contributed by atoms with Crippen molar-refractivity contribution in [3.63, 3.8) is 0 Å². The lowest BCUT2D eigenvalue weighted by molar-refractivity contribution is 0.668. The predicted octanol–water partition coefficient (Wildman–Crippen LogP) is 13.4. The molecule has 2 heterocycles. The van der Waals surface area contributed by atoms with Gasteiger partial charge in [0.2, 0.25) is 0 Å². The van der Waals surface area contributed by atoms with E-state index in [1.165, 1.54) is 11.1 Å². The molecule has 10 rings (SSSR count). The summed E-state index contributed by atoms with van der Waals surface area (Å²) in [6.45, 7) is 0. The van der Waals surface area contributed by atoms with Crippen LogP contribution in [0.5, 0.6) is 0 Å². The molecule has 0 bridgehead atoms. The van der Waals surface area contributed by atoms with Gasteiger partial charge in [-0.05, 0) is 76.2 Å². The van der Waals surface area contributed by atoms with Crippen molar-refractivity contribution in [1.82, 2.24) is 0 Å². The molecule has 8 aromatic carbocycles. The van der Waals surface area contributed by atoms with E-state index in [4.69, 9.17) is 8.83 Å². The van der Waals surface area contributed by atoms with Gasteiger partial charge in [-0.2, -0.15) is 0 Å². The fourth-order valence-electron chi connectivity index (χ4n) is 7.33. The molecule has 0 N–H and O–H groups in total. The van der Waals surface area contributed by atoms with Crippen molar-refractivity contribution in [2.45, 2.75) is 0 Å². The van der Waals surface area contributed by atoms with Gasteiger partial charge in [0.05, 0.1) is 16.8 Å². The first-order valence-electron chi connectivity index (χ1n) is 16.6. The van der Waals surface area contributed by atoms with Crippen LogP contribution in [0.15, 0.2) is 185 Å². The average molecular weight is 628 g/mol. The van der Waals surface area contributed by atoms with E-state index < -0.39 is 0 Å². The van der Waals surface area contributed by atoms with Crippen LogP contribution in [0, 0.1) is 0 Å². The molecule has 0 amide bonds. The van der Waals surface area contributed by atoms with Gasteiger partial charge in [0.25, 0.3) is 0 Å². The molecule has 0 saturated heterocycles. The van der Waals surface area contributed by atoms with E-state index in [0.717, 1.165) is 82.8 Å². The number of hydrogen-bond donors (Lipinski definition) is 0. The minimum atomic E-state index is 0.839. The first kappa shape index (κ1) is 27.5. The van der Waals surface area contributed by atoms with Gasteiger partial charge in [-0.25, -0.2) is 0 Å². The molecule has 0 radical (unpaired) electrons. The maximum Gasteiger partial charge on any atom is 0.159 e. The summed E-state index contributed by atoms with van der Waals surface area (Å²) in [5.74, 6) is 0. The Hall–Kier alpha value is -6.58. The standard InChI is InChI=1S/C46H29NO2/c1-3-11-30(12-4-1)32-21-25-35(26-22-32)47(41-19-9-17-37-38-27-23-33-15-7-8-16-36(33)45(38)49-46(37)41)40-18-10-20-43-44(40)39-29-34(24-28-42(39)48-43)31-13-5-2-6-14-31/h1-29H. The van der Waals surface area contributed by atoms with Gasteiger partial charge in [-0.15, -0.1) is 0 Å². The lowest BCUT2D eigenvalue weighted by atomic mass is 10.0. The van der Waals surface area contributed by atoms with Crippen LogP contribution < -0.4 is 4.90 Å². The first-order valence-corrected chi connectivity index (χ1v) is 16.6. The normalized spacial score (nSPS) is 11.7. The van der Waals surface area contributed by atoms with E-state index in [0.29, 0.717) is 0 Å². The van der Waals surface area contributed by atoms with Crippen molar-refractivity contribution in [3.05, 3.63) is 176 Å². The van der Waals surface area contributed by atoms with Crippen molar-refractivity contribution in [3.8, 4) is 22.3 Å². The Balaban J connectivity index is 1.25. The number of para-hydroxylation sites is 1. The van der Waals surface area contributed by atoms with Crippen LogP contribution in [-0.2, 0) is 0 Å². The van der Waals surface area contributed by atoms with Gasteiger partial charge in [0.1, 0.15) is 16.7 Å². The summed E-state index contributed by atoms with van der Waals surface area (Å²) in [5, 5.41) is 6.58. The Morgan fingerprint density at radius 3 is 1.80 bits per heavy atom. The molecule has 0 aliphatic carbocycles. The molecule has 49 heavy (non-hydrogen) atoms. The number of fused-ring (bicyclic) bond motifs is 8. The highest BCUT2D eigenvalue weighted by atomic mass is 16.3. The highest BCUT2D eigenvalue weighted by Gasteiger charge is 2.24. The maximum absolute atomic E-state index is 6.91. The smallest absolute Gasteiger partial charge is 0.159 e. The molecule has 0 spiro atoms. The van der Waals surface area contributed by atoms with E-state index in [-0.39, 0.29) is 0 Å². The van der Waals surface area contributed by atoms with E-state index in [1.807, 2.05) is 0 Å². The van der Waals surface area contributed by atoms with Crippen LogP contribution in [0.4, 0.5) is 17.1 Å². The number of nitrogens with zero attached hydrogens (tertiary/aromatic N) is 1. The molecule has 0 atom stereocenters. The number of anilines is 3. The summed E-state index contributed by atoms with van der Waals surface area (Å²) in [6.07, 6.45) is 0. The zero-order valence-corrected chi connectivity index (χ0v) is 26.5. The highest BCUT2D eigenvalue weighted by molar-refractivity contribution is 6.19. The Morgan fingerprint density at radius 1 is 0.347 bits per heavy atom. The molecule has 2 aromatic heterocycles. The molecule has 0 aliphatic rings. The van der Waals surface area contributed by atoms with E-state index >= 15 is 0 Å². The quantitative estimate of drug-likeness (QED) is 0.190. The third-order valence-electron chi connectivity index (χ3n) is 9.66. The third kappa shape index (κ3) is 4.44. The molecule has 0 unspecified atom stereocenters. The van der Waals surface area contributed by atoms with E-state index in [1.54, 1.807) is 0 Å². The highest BCUT2D eigenvalue weighted by Crippen LogP contribution is 2.47. The Bertz CT molecular complexity index is 2810. The Morgan fingerprint density at radius 2 is 0.980 bits per heavy atom. The van der Waals surface area contributed by atoms with Crippen molar-refractivity contribution in [1.29, 1.82) is 0 Å². The van der Waals surface area contributed by atoms with E-state index in [9.17, 15) is 0 Å². The zero-order chi connectivity index (χ0) is 32.3. The van der Waals surface area contributed by atoms with Gasteiger partial charge in [0, 0.05) is 27.2 Å². The second-order valence-corrected chi connectivity index (χ2v) is 12.5. The summed E-state index contributed by atoms with van der Waals surface area (Å²) in [5.41, 5.74) is 11.1. The fraction of sp³-hybridized carbons (Fsp3) is 0. The van der Waals surface area contributed by atoms with Crippen molar-refractivity contribution in [2.24, 2.45) is 0 Å². The topological polar surface area (TPSA) is 29.5 Å². The van der Waals surface area contributed by atoms with Gasteiger partial charge >= 0.3 is 0 Å². The van der Waals surface area contributed by atoms with Crippen molar-refractivity contribution < 1.29 is 8.83 Å². The second kappa shape index (κ2) is 11.0. The molecule has 3 heteroatoms. The maximum atomic E-state index is 6.91. The van der Waals surface area contributed by atoms with Crippen LogP contribution in [0.2, 0.25) is 0 Å². The monoisotopic (exact) mass is 627 g/mol. The molecular weight excluding hydrogens is 599 g/mol. The van der Waals surface area contributed by atoms with Crippen molar-refractivity contribution >= 4 is 71.7 Å². The summed E-state index contributed by atoms with van der Waals surface area (Å²) < 4.78 is 13.4. The summed E-state index contributed by atoms with van der Waals surface area (Å²) in [6, 6.07) is 61.9. The molecular formula is C46H29NO2. The largest absolute Gasteiger partial charge is 0.456 e. The Kier molecular flexibility index (Phi) is 6.18. The van der Waals surface area contributed by atoms with Crippen LogP contribution in [0.3, 0.4) is 0 Å². The van der Waals surface area contributed by atoms with E-state index in [2.05, 4.69) is 181 Å². The van der Waals surface area contributed by atoms with Gasteiger partial charge in [-0.3, -0.25) is 0 Å².